The zero-order valence-electron chi connectivity index (χ0n) is 11.7. The van der Waals surface area contributed by atoms with Crippen LogP contribution < -0.4 is 4.74 Å². The van der Waals surface area contributed by atoms with Crippen molar-refractivity contribution in [3.63, 3.8) is 0 Å². The molecule has 0 aromatic carbocycles. The summed E-state index contributed by atoms with van der Waals surface area (Å²) >= 11 is 0. The van der Waals surface area contributed by atoms with Gasteiger partial charge in [-0.05, 0) is 12.5 Å². The molecule has 2 aromatic heterocycles. The van der Waals surface area contributed by atoms with Gasteiger partial charge in [0.25, 0.3) is 11.9 Å². The van der Waals surface area contributed by atoms with Crippen LogP contribution >= 0.6 is 0 Å². The van der Waals surface area contributed by atoms with E-state index in [4.69, 9.17) is 4.42 Å². The molecule has 0 bridgehead atoms. The smallest absolute Gasteiger partial charge is 0.422 e. The Hall–Kier alpha value is -2.59. The Balaban J connectivity index is 1.60. The number of nitrogens with zero attached hydrogens (tertiary/aromatic N) is 4. The molecule has 1 fully saturated rings. The Bertz CT molecular complexity index is 670. The molecule has 1 aliphatic heterocycles. The molecule has 2 aromatic rings. The van der Waals surface area contributed by atoms with Crippen LogP contribution in [0.3, 0.4) is 0 Å². The number of nitrogens with one attached hydrogen (secondary N) is 1. The molecule has 0 saturated carbocycles. The van der Waals surface area contributed by atoms with Crippen molar-refractivity contribution in [1.82, 2.24) is 25.5 Å². The molecule has 1 atom stereocenters. The Labute approximate surface area is 127 Å². The van der Waals surface area contributed by atoms with Gasteiger partial charge in [0, 0.05) is 25.1 Å². The van der Waals surface area contributed by atoms with E-state index in [1.54, 1.807) is 0 Å². The Morgan fingerprint density at radius 2 is 2.30 bits per heavy atom. The van der Waals surface area contributed by atoms with Crippen LogP contribution in [0.15, 0.2) is 16.5 Å². The molecule has 23 heavy (non-hydrogen) atoms. The van der Waals surface area contributed by atoms with Crippen molar-refractivity contribution in [2.75, 3.05) is 19.7 Å². The number of hydrogen-bond donors (Lipinski definition) is 1. The van der Waals surface area contributed by atoms with Gasteiger partial charge >= 0.3 is 6.18 Å². The standard InChI is InChI=1S/C12H12F3N5O3/c13-12(14,15)6-22-9-2-1-8(23-9)11(21)20-4-3-7(5-20)10-16-18-19-17-10/h1-2,7H,3-6H2,(H,16,17,18,19). The van der Waals surface area contributed by atoms with Crippen molar-refractivity contribution in [3.05, 3.63) is 23.7 Å². The fraction of sp³-hybridized carbons (Fsp3) is 0.500. The van der Waals surface area contributed by atoms with E-state index in [2.05, 4.69) is 25.4 Å². The predicted molar refractivity (Wildman–Crippen MR) is 67.7 cm³/mol. The normalized spacial score (nSPS) is 18.4. The first-order valence-corrected chi connectivity index (χ1v) is 6.74. The van der Waals surface area contributed by atoms with Gasteiger partial charge in [-0.2, -0.15) is 18.4 Å². The number of carbonyl (C=O) groups is 1. The minimum Gasteiger partial charge on any atom is -0.455 e. The number of alkyl halides is 3. The van der Waals surface area contributed by atoms with Crippen LogP contribution in [-0.4, -0.2) is 57.3 Å². The molecule has 8 nitrogen and oxygen atoms in total. The monoisotopic (exact) mass is 331 g/mol. The Morgan fingerprint density at radius 3 is 3.00 bits per heavy atom. The second-order valence-corrected chi connectivity index (χ2v) is 5.03. The molecular weight excluding hydrogens is 319 g/mol. The minimum atomic E-state index is -4.47. The number of tetrazole rings is 1. The maximum absolute atomic E-state index is 12.3. The summed E-state index contributed by atoms with van der Waals surface area (Å²) in [6.07, 6.45) is -3.80. The molecule has 0 aliphatic carbocycles. The van der Waals surface area contributed by atoms with E-state index in [-0.39, 0.29) is 17.6 Å². The summed E-state index contributed by atoms with van der Waals surface area (Å²) in [5.74, 6) is -0.351. The van der Waals surface area contributed by atoms with Crippen LogP contribution in [0.25, 0.3) is 0 Å². The van der Waals surface area contributed by atoms with Crippen molar-refractivity contribution < 1.29 is 27.1 Å². The zero-order chi connectivity index (χ0) is 16.4. The average Bonchev–Trinajstić information content (AvgIpc) is 3.22. The van der Waals surface area contributed by atoms with E-state index in [1.807, 2.05) is 0 Å². The van der Waals surface area contributed by atoms with E-state index < -0.39 is 18.7 Å². The summed E-state index contributed by atoms with van der Waals surface area (Å²) in [7, 11) is 0. The van der Waals surface area contributed by atoms with E-state index in [0.29, 0.717) is 25.3 Å². The van der Waals surface area contributed by atoms with Gasteiger partial charge in [0.2, 0.25) is 0 Å². The van der Waals surface area contributed by atoms with Crippen LogP contribution in [0, 0.1) is 0 Å². The zero-order valence-corrected chi connectivity index (χ0v) is 11.7. The third-order valence-corrected chi connectivity index (χ3v) is 3.37. The molecular formula is C12H12F3N5O3. The van der Waals surface area contributed by atoms with Gasteiger partial charge in [0.1, 0.15) is 0 Å². The van der Waals surface area contributed by atoms with E-state index in [0.717, 1.165) is 0 Å². The number of aromatic amines is 1. The number of carbonyl (C=O) groups excluding carboxylic acids is 1. The quantitative estimate of drug-likeness (QED) is 0.909. The molecule has 0 spiro atoms. The van der Waals surface area contributed by atoms with Gasteiger partial charge in [0.05, 0.1) is 0 Å². The van der Waals surface area contributed by atoms with Crippen LogP contribution in [0.4, 0.5) is 13.2 Å². The number of ether oxygens (including phenoxy) is 1. The molecule has 11 heteroatoms. The number of amides is 1. The molecule has 3 rings (SSSR count). The lowest BCUT2D eigenvalue weighted by Crippen LogP contribution is -2.28. The highest BCUT2D eigenvalue weighted by Crippen LogP contribution is 2.27. The lowest BCUT2D eigenvalue weighted by molar-refractivity contribution is -0.156. The Kier molecular flexibility index (Phi) is 3.92. The van der Waals surface area contributed by atoms with Gasteiger partial charge in [0.15, 0.2) is 18.2 Å². The van der Waals surface area contributed by atoms with Crippen LogP contribution in [-0.2, 0) is 0 Å². The number of H-pyrrole nitrogens is 1. The van der Waals surface area contributed by atoms with Crippen LogP contribution in [0.5, 0.6) is 5.95 Å². The Morgan fingerprint density at radius 1 is 1.48 bits per heavy atom. The van der Waals surface area contributed by atoms with Gasteiger partial charge in [-0.25, -0.2) is 0 Å². The molecule has 1 amide bonds. The third-order valence-electron chi connectivity index (χ3n) is 3.37. The first-order valence-electron chi connectivity index (χ1n) is 6.74. The fourth-order valence-corrected chi connectivity index (χ4v) is 2.32. The van der Waals surface area contributed by atoms with Crippen molar-refractivity contribution in [1.29, 1.82) is 0 Å². The first-order chi connectivity index (χ1) is 10.9. The molecule has 3 heterocycles. The maximum atomic E-state index is 12.3. The molecule has 124 valence electrons. The van der Waals surface area contributed by atoms with E-state index >= 15 is 0 Å². The number of halogens is 3. The topological polar surface area (TPSA) is 97.1 Å². The number of furan rings is 1. The average molecular weight is 331 g/mol. The van der Waals surface area contributed by atoms with Gasteiger partial charge in [-0.15, -0.1) is 10.2 Å². The molecule has 1 saturated heterocycles. The second kappa shape index (κ2) is 5.89. The fourth-order valence-electron chi connectivity index (χ4n) is 2.32. The van der Waals surface area contributed by atoms with Gasteiger partial charge in [-0.3, -0.25) is 4.79 Å². The second-order valence-electron chi connectivity index (χ2n) is 5.03. The SMILES string of the molecule is O=C(c1ccc(OCC(F)(F)F)o1)N1CCC(c2nn[nH]n2)C1. The molecule has 1 N–H and O–H groups in total. The van der Waals surface area contributed by atoms with E-state index in [1.165, 1.54) is 17.0 Å². The molecule has 0 radical (unpaired) electrons. The lowest BCUT2D eigenvalue weighted by atomic mass is 10.1. The van der Waals surface area contributed by atoms with E-state index in [9.17, 15) is 18.0 Å². The first kappa shape index (κ1) is 15.3. The predicted octanol–water partition coefficient (Wildman–Crippen LogP) is 1.36. The highest BCUT2D eigenvalue weighted by molar-refractivity contribution is 5.91. The van der Waals surface area contributed by atoms with Crippen LogP contribution in [0.1, 0.15) is 28.7 Å². The summed E-state index contributed by atoms with van der Waals surface area (Å²) in [6.45, 7) is -0.618. The molecule has 1 aliphatic rings. The highest BCUT2D eigenvalue weighted by Gasteiger charge is 2.32. The van der Waals surface area contributed by atoms with Gasteiger partial charge < -0.3 is 14.1 Å². The molecule has 1 unspecified atom stereocenters. The summed E-state index contributed by atoms with van der Waals surface area (Å²) in [4.78, 5) is 13.8. The largest absolute Gasteiger partial charge is 0.455 e. The lowest BCUT2D eigenvalue weighted by Gasteiger charge is -2.13. The summed E-state index contributed by atoms with van der Waals surface area (Å²) < 4.78 is 45.7. The van der Waals surface area contributed by atoms with Crippen molar-refractivity contribution in [3.8, 4) is 5.95 Å². The number of rotatable bonds is 4. The highest BCUT2D eigenvalue weighted by atomic mass is 19.4. The number of aromatic nitrogens is 4. The number of hydrogen-bond acceptors (Lipinski definition) is 6. The summed E-state index contributed by atoms with van der Waals surface area (Å²) in [5.41, 5.74) is 0. The maximum Gasteiger partial charge on any atom is 0.422 e. The third kappa shape index (κ3) is 3.60. The summed E-state index contributed by atoms with van der Waals surface area (Å²) in [5, 5.41) is 13.6. The number of likely N-dealkylation sites (tertiary alicyclic amines) is 1. The van der Waals surface area contributed by atoms with Crippen LogP contribution in [0.2, 0.25) is 0 Å². The van der Waals surface area contributed by atoms with Gasteiger partial charge in [-0.1, -0.05) is 5.21 Å². The minimum absolute atomic E-state index is 0.0337. The van der Waals surface area contributed by atoms with Crippen molar-refractivity contribution in [2.24, 2.45) is 0 Å². The van der Waals surface area contributed by atoms with Crippen molar-refractivity contribution in [2.45, 2.75) is 18.5 Å². The van der Waals surface area contributed by atoms with Crippen molar-refractivity contribution >= 4 is 5.91 Å². The summed E-state index contributed by atoms with van der Waals surface area (Å²) in [6, 6.07) is 2.47.